The van der Waals surface area contributed by atoms with Crippen molar-refractivity contribution in [2.45, 2.75) is 32.4 Å². The quantitative estimate of drug-likeness (QED) is 0.823. The fraction of sp³-hybridized carbons (Fsp3) is 0.500. The molecule has 5 heteroatoms. The summed E-state index contributed by atoms with van der Waals surface area (Å²) in [7, 11) is 1.87. The van der Waals surface area contributed by atoms with Gasteiger partial charge >= 0.3 is 0 Å². The molecule has 1 unspecified atom stereocenters. The molecule has 0 aromatic carbocycles. The first-order valence-corrected chi connectivity index (χ1v) is 5.84. The average molecular weight is 234 g/mol. The Hall–Kier alpha value is -1.62. The van der Waals surface area contributed by atoms with Gasteiger partial charge < -0.3 is 9.73 Å². The summed E-state index contributed by atoms with van der Waals surface area (Å²) in [5.74, 6) is 1.87. The third-order valence-electron chi connectivity index (χ3n) is 2.66. The van der Waals surface area contributed by atoms with Gasteiger partial charge in [0.05, 0.1) is 12.8 Å². The SMILES string of the molecule is CC(CCc1ccco1)NCc1ncn(C)n1. The zero-order valence-electron chi connectivity index (χ0n) is 10.3. The first-order valence-electron chi connectivity index (χ1n) is 5.84. The number of rotatable bonds is 6. The number of hydrogen-bond donors (Lipinski definition) is 1. The summed E-state index contributed by atoms with van der Waals surface area (Å²) in [6, 6.07) is 4.35. The zero-order valence-corrected chi connectivity index (χ0v) is 10.3. The molecular weight excluding hydrogens is 216 g/mol. The van der Waals surface area contributed by atoms with Crippen LogP contribution >= 0.6 is 0 Å². The van der Waals surface area contributed by atoms with Crippen molar-refractivity contribution in [3.05, 3.63) is 36.3 Å². The maximum Gasteiger partial charge on any atom is 0.164 e. The van der Waals surface area contributed by atoms with Crippen LogP contribution in [0.15, 0.2) is 29.1 Å². The van der Waals surface area contributed by atoms with E-state index in [1.807, 2.05) is 19.2 Å². The van der Waals surface area contributed by atoms with Gasteiger partial charge in [-0.25, -0.2) is 4.98 Å². The molecule has 2 heterocycles. The van der Waals surface area contributed by atoms with Gasteiger partial charge in [-0.15, -0.1) is 0 Å². The van der Waals surface area contributed by atoms with Crippen molar-refractivity contribution in [3.63, 3.8) is 0 Å². The lowest BCUT2D eigenvalue weighted by Gasteiger charge is -2.11. The van der Waals surface area contributed by atoms with Crippen molar-refractivity contribution in [2.24, 2.45) is 7.05 Å². The summed E-state index contributed by atoms with van der Waals surface area (Å²) in [6.07, 6.45) is 5.42. The highest BCUT2D eigenvalue weighted by molar-refractivity contribution is 4.98. The van der Waals surface area contributed by atoms with E-state index < -0.39 is 0 Å². The first kappa shape index (κ1) is 11.9. The van der Waals surface area contributed by atoms with Crippen molar-refractivity contribution >= 4 is 0 Å². The largest absolute Gasteiger partial charge is 0.469 e. The smallest absolute Gasteiger partial charge is 0.164 e. The Labute approximate surface area is 101 Å². The van der Waals surface area contributed by atoms with Crippen molar-refractivity contribution < 1.29 is 4.42 Å². The molecule has 0 aliphatic rings. The predicted octanol–water partition coefficient (Wildman–Crippen LogP) is 1.52. The van der Waals surface area contributed by atoms with Gasteiger partial charge in [0.1, 0.15) is 12.1 Å². The van der Waals surface area contributed by atoms with E-state index in [9.17, 15) is 0 Å². The van der Waals surface area contributed by atoms with Crippen molar-refractivity contribution in [2.75, 3.05) is 0 Å². The van der Waals surface area contributed by atoms with Crippen LogP contribution in [0.2, 0.25) is 0 Å². The summed E-state index contributed by atoms with van der Waals surface area (Å²) in [5.41, 5.74) is 0. The van der Waals surface area contributed by atoms with Crippen LogP contribution in [0.1, 0.15) is 24.9 Å². The summed E-state index contributed by atoms with van der Waals surface area (Å²) in [6.45, 7) is 2.87. The Bertz CT molecular complexity index is 435. The first-order chi connectivity index (χ1) is 8.24. The molecule has 1 atom stereocenters. The molecule has 0 saturated heterocycles. The summed E-state index contributed by atoms with van der Waals surface area (Å²) >= 11 is 0. The molecule has 2 rings (SSSR count). The van der Waals surface area contributed by atoms with E-state index in [0.29, 0.717) is 12.6 Å². The van der Waals surface area contributed by atoms with Crippen LogP contribution in [0.25, 0.3) is 0 Å². The molecule has 0 amide bonds. The van der Waals surface area contributed by atoms with Gasteiger partial charge in [-0.1, -0.05) is 0 Å². The maximum absolute atomic E-state index is 5.29. The molecular formula is C12H18N4O. The lowest BCUT2D eigenvalue weighted by atomic mass is 10.1. The average Bonchev–Trinajstić information content (AvgIpc) is 2.95. The molecule has 0 aliphatic carbocycles. The molecule has 2 aromatic heterocycles. The molecule has 92 valence electrons. The standard InChI is InChI=1S/C12H18N4O/c1-10(5-6-11-4-3-7-17-11)13-8-12-14-9-16(2)15-12/h3-4,7,9-10,13H,5-6,8H2,1-2H3. The third-order valence-corrected chi connectivity index (χ3v) is 2.66. The Morgan fingerprint density at radius 1 is 1.53 bits per heavy atom. The highest BCUT2D eigenvalue weighted by atomic mass is 16.3. The number of aryl methyl sites for hydroxylation is 2. The minimum atomic E-state index is 0.420. The highest BCUT2D eigenvalue weighted by Gasteiger charge is 2.05. The molecule has 0 saturated carbocycles. The van der Waals surface area contributed by atoms with Gasteiger partial charge in [0.2, 0.25) is 0 Å². The molecule has 0 aliphatic heterocycles. The molecule has 2 aromatic rings. The Balaban J connectivity index is 1.69. The van der Waals surface area contributed by atoms with Gasteiger partial charge in [-0.2, -0.15) is 5.10 Å². The fourth-order valence-electron chi connectivity index (χ4n) is 1.65. The van der Waals surface area contributed by atoms with Crippen LogP contribution in [0.5, 0.6) is 0 Å². The molecule has 0 spiro atoms. The number of hydrogen-bond acceptors (Lipinski definition) is 4. The minimum Gasteiger partial charge on any atom is -0.469 e. The molecule has 1 N–H and O–H groups in total. The van der Waals surface area contributed by atoms with Gasteiger partial charge in [-0.05, 0) is 25.5 Å². The van der Waals surface area contributed by atoms with Crippen molar-refractivity contribution in [1.29, 1.82) is 0 Å². The van der Waals surface area contributed by atoms with E-state index in [4.69, 9.17) is 4.42 Å². The lowest BCUT2D eigenvalue weighted by molar-refractivity contribution is 0.456. The van der Waals surface area contributed by atoms with Gasteiger partial charge in [-0.3, -0.25) is 4.68 Å². The predicted molar refractivity (Wildman–Crippen MR) is 64.3 cm³/mol. The second kappa shape index (κ2) is 5.63. The number of furan rings is 1. The number of nitrogens with zero attached hydrogens (tertiary/aromatic N) is 3. The second-order valence-corrected chi connectivity index (χ2v) is 4.23. The van der Waals surface area contributed by atoms with Crippen molar-refractivity contribution in [3.8, 4) is 0 Å². The van der Waals surface area contributed by atoms with Gasteiger partial charge in [0.25, 0.3) is 0 Å². The van der Waals surface area contributed by atoms with Crippen LogP contribution in [-0.2, 0) is 20.0 Å². The lowest BCUT2D eigenvalue weighted by Crippen LogP contribution is -2.26. The Morgan fingerprint density at radius 3 is 3.06 bits per heavy atom. The summed E-state index contributed by atoms with van der Waals surface area (Å²) in [4.78, 5) is 4.17. The van der Waals surface area contributed by atoms with E-state index >= 15 is 0 Å². The van der Waals surface area contributed by atoms with E-state index in [2.05, 4.69) is 22.3 Å². The molecule has 0 fully saturated rings. The summed E-state index contributed by atoms with van der Waals surface area (Å²) in [5, 5.41) is 7.61. The number of nitrogens with one attached hydrogen (secondary N) is 1. The van der Waals surface area contributed by atoms with E-state index in [1.54, 1.807) is 17.3 Å². The normalized spacial score (nSPS) is 12.8. The molecule has 17 heavy (non-hydrogen) atoms. The fourth-order valence-corrected chi connectivity index (χ4v) is 1.65. The van der Waals surface area contributed by atoms with Gasteiger partial charge in [0.15, 0.2) is 5.82 Å². The summed E-state index contributed by atoms with van der Waals surface area (Å²) < 4.78 is 7.01. The van der Waals surface area contributed by atoms with Crippen LogP contribution in [0.3, 0.4) is 0 Å². The van der Waals surface area contributed by atoms with Crippen LogP contribution in [-0.4, -0.2) is 20.8 Å². The van der Waals surface area contributed by atoms with Crippen LogP contribution in [0, 0.1) is 0 Å². The van der Waals surface area contributed by atoms with Crippen LogP contribution in [0.4, 0.5) is 0 Å². The van der Waals surface area contributed by atoms with Crippen LogP contribution < -0.4 is 5.32 Å². The minimum absolute atomic E-state index is 0.420. The van der Waals surface area contributed by atoms with E-state index in [0.717, 1.165) is 24.4 Å². The van der Waals surface area contributed by atoms with Gasteiger partial charge in [0, 0.05) is 19.5 Å². The monoisotopic (exact) mass is 234 g/mol. The second-order valence-electron chi connectivity index (χ2n) is 4.23. The van der Waals surface area contributed by atoms with E-state index in [-0.39, 0.29) is 0 Å². The Morgan fingerprint density at radius 2 is 2.41 bits per heavy atom. The maximum atomic E-state index is 5.29. The third kappa shape index (κ3) is 3.71. The van der Waals surface area contributed by atoms with Crippen molar-refractivity contribution in [1.82, 2.24) is 20.1 Å². The molecule has 0 radical (unpaired) electrons. The molecule has 5 nitrogen and oxygen atoms in total. The molecule has 0 bridgehead atoms. The highest BCUT2D eigenvalue weighted by Crippen LogP contribution is 2.05. The topological polar surface area (TPSA) is 55.9 Å². The van der Waals surface area contributed by atoms with E-state index in [1.165, 1.54) is 0 Å². The Kier molecular flexibility index (Phi) is 3.93. The zero-order chi connectivity index (χ0) is 12.1. The number of aromatic nitrogens is 3.